The van der Waals surface area contributed by atoms with Crippen LogP contribution < -0.4 is 0 Å². The molecule has 6 heteroatoms. The topological polar surface area (TPSA) is 26.0 Å². The molecule has 0 aliphatic heterocycles. The third-order valence-electron chi connectivity index (χ3n) is 1.55. The van der Waals surface area contributed by atoms with E-state index in [1.54, 1.807) is 0 Å². The molecule has 0 spiro atoms. The Labute approximate surface area is 68.8 Å². The zero-order valence-corrected chi connectivity index (χ0v) is 5.94. The highest BCUT2D eigenvalue weighted by Crippen LogP contribution is 2.25. The number of oxazole rings is 1. The molecule has 0 N–H and O–H groups in total. The molecule has 0 amide bonds. The average Bonchev–Trinajstić information content (AvgIpc) is 2.59. The summed E-state index contributed by atoms with van der Waals surface area (Å²) < 4.78 is 54.9. The monoisotopic (exact) mass is 191 g/mol. The van der Waals surface area contributed by atoms with E-state index in [4.69, 9.17) is 0 Å². The Kier molecular flexibility index (Phi) is 1.51. The Morgan fingerprint density at radius 1 is 0.923 bits per heavy atom. The van der Waals surface area contributed by atoms with Crippen LogP contribution in [0.4, 0.5) is 17.6 Å². The summed E-state index contributed by atoms with van der Waals surface area (Å²) >= 11 is 0. The molecular weight excluding hydrogens is 190 g/mol. The fraction of sp³-hybridized carbons (Fsp3) is 0. The lowest BCUT2D eigenvalue weighted by Crippen LogP contribution is -1.96. The smallest absolute Gasteiger partial charge is 0.206 e. The van der Waals surface area contributed by atoms with Crippen LogP contribution in [0, 0.1) is 23.3 Å². The number of halogens is 4. The number of benzene rings is 1. The van der Waals surface area contributed by atoms with Gasteiger partial charge < -0.3 is 4.42 Å². The van der Waals surface area contributed by atoms with Crippen molar-refractivity contribution >= 4 is 11.1 Å². The number of hydrogen-bond donors (Lipinski definition) is 0. The summed E-state index contributed by atoms with van der Waals surface area (Å²) in [6.07, 6.45) is 0.704. The molecule has 1 aromatic carbocycles. The summed E-state index contributed by atoms with van der Waals surface area (Å²) in [4.78, 5) is 3.19. The number of fused-ring (bicyclic) bond motifs is 1. The number of aromatic nitrogens is 1. The predicted octanol–water partition coefficient (Wildman–Crippen LogP) is 2.38. The Balaban J connectivity index is 3.02. The van der Waals surface area contributed by atoms with Gasteiger partial charge in [0.25, 0.3) is 0 Å². The number of hydrogen-bond acceptors (Lipinski definition) is 2. The van der Waals surface area contributed by atoms with Gasteiger partial charge in [-0.05, 0) is 0 Å². The van der Waals surface area contributed by atoms with Crippen LogP contribution in [0.15, 0.2) is 10.8 Å². The van der Waals surface area contributed by atoms with E-state index in [1.807, 2.05) is 0 Å². The maximum absolute atomic E-state index is 12.8. The fourth-order valence-corrected chi connectivity index (χ4v) is 0.955. The van der Waals surface area contributed by atoms with Crippen LogP contribution in [0.5, 0.6) is 0 Å². The minimum atomic E-state index is -1.90. The molecule has 0 unspecified atom stereocenters. The Hall–Kier alpha value is -1.59. The highest BCUT2D eigenvalue weighted by atomic mass is 19.2. The second kappa shape index (κ2) is 2.45. The van der Waals surface area contributed by atoms with Crippen LogP contribution in [-0.4, -0.2) is 4.98 Å². The molecule has 0 bridgehead atoms. The van der Waals surface area contributed by atoms with Gasteiger partial charge in [0.2, 0.25) is 11.6 Å². The summed E-state index contributed by atoms with van der Waals surface area (Å²) in [7, 11) is 0. The molecular formula is C7HF4NO. The first kappa shape index (κ1) is 8.03. The van der Waals surface area contributed by atoms with Crippen molar-refractivity contribution in [2.45, 2.75) is 0 Å². The van der Waals surface area contributed by atoms with Crippen molar-refractivity contribution in [2.75, 3.05) is 0 Å². The van der Waals surface area contributed by atoms with Crippen molar-refractivity contribution in [1.82, 2.24) is 4.98 Å². The molecule has 0 radical (unpaired) electrons. The largest absolute Gasteiger partial charge is 0.440 e. The first-order chi connectivity index (χ1) is 6.13. The van der Waals surface area contributed by atoms with Gasteiger partial charge in [0.15, 0.2) is 29.1 Å². The highest BCUT2D eigenvalue weighted by Gasteiger charge is 2.23. The molecule has 1 heterocycles. The normalized spacial score (nSPS) is 11.1. The molecule has 2 rings (SSSR count). The van der Waals surface area contributed by atoms with Gasteiger partial charge in [-0.2, -0.15) is 4.39 Å². The molecule has 0 atom stereocenters. The van der Waals surface area contributed by atoms with E-state index >= 15 is 0 Å². The summed E-state index contributed by atoms with van der Waals surface area (Å²) in [6, 6.07) is 0. The van der Waals surface area contributed by atoms with E-state index < -0.39 is 34.4 Å². The lowest BCUT2D eigenvalue weighted by molar-refractivity contribution is 0.410. The van der Waals surface area contributed by atoms with E-state index in [1.165, 1.54) is 0 Å². The van der Waals surface area contributed by atoms with Gasteiger partial charge in [0.05, 0.1) is 0 Å². The quantitative estimate of drug-likeness (QED) is 0.363. The molecule has 2 aromatic rings. The van der Waals surface area contributed by atoms with Crippen LogP contribution in [0.25, 0.3) is 11.1 Å². The van der Waals surface area contributed by atoms with Crippen LogP contribution in [0.1, 0.15) is 0 Å². The second-order valence-electron chi connectivity index (χ2n) is 2.29. The fourth-order valence-electron chi connectivity index (χ4n) is 0.955. The molecule has 13 heavy (non-hydrogen) atoms. The molecule has 0 aliphatic carbocycles. The maximum atomic E-state index is 12.8. The first-order valence-electron chi connectivity index (χ1n) is 3.18. The van der Waals surface area contributed by atoms with Crippen LogP contribution in [-0.2, 0) is 0 Å². The predicted molar refractivity (Wildman–Crippen MR) is 33.8 cm³/mol. The van der Waals surface area contributed by atoms with Gasteiger partial charge in [0.1, 0.15) is 0 Å². The summed E-state index contributed by atoms with van der Waals surface area (Å²) in [6.45, 7) is 0. The SMILES string of the molecule is Fc1c(F)c(F)c2ocnc2c1F. The maximum Gasteiger partial charge on any atom is 0.206 e. The molecule has 2 nitrogen and oxygen atoms in total. The van der Waals surface area contributed by atoms with Gasteiger partial charge in [0, 0.05) is 0 Å². The van der Waals surface area contributed by atoms with E-state index in [2.05, 4.69) is 9.40 Å². The second-order valence-corrected chi connectivity index (χ2v) is 2.29. The molecule has 0 fully saturated rings. The summed E-state index contributed by atoms with van der Waals surface area (Å²) in [5.41, 5.74) is -1.38. The Morgan fingerprint density at radius 3 is 2.23 bits per heavy atom. The zero-order chi connectivity index (χ0) is 9.59. The molecule has 68 valence electrons. The van der Waals surface area contributed by atoms with Gasteiger partial charge in [-0.25, -0.2) is 18.2 Å². The van der Waals surface area contributed by atoms with Crippen LogP contribution in [0.3, 0.4) is 0 Å². The highest BCUT2D eigenvalue weighted by molar-refractivity contribution is 5.73. The van der Waals surface area contributed by atoms with Crippen LogP contribution in [0.2, 0.25) is 0 Å². The van der Waals surface area contributed by atoms with Gasteiger partial charge >= 0.3 is 0 Å². The van der Waals surface area contributed by atoms with Crippen molar-refractivity contribution in [3.05, 3.63) is 29.7 Å². The van der Waals surface area contributed by atoms with Crippen molar-refractivity contribution in [3.63, 3.8) is 0 Å². The van der Waals surface area contributed by atoms with Crippen LogP contribution >= 0.6 is 0 Å². The third-order valence-corrected chi connectivity index (χ3v) is 1.55. The first-order valence-corrected chi connectivity index (χ1v) is 3.18. The van der Waals surface area contributed by atoms with E-state index in [9.17, 15) is 17.6 Å². The molecule has 1 aromatic heterocycles. The lowest BCUT2D eigenvalue weighted by Gasteiger charge is -1.96. The molecule has 0 aliphatic rings. The van der Waals surface area contributed by atoms with E-state index in [0.29, 0.717) is 6.39 Å². The van der Waals surface area contributed by atoms with Gasteiger partial charge in [-0.3, -0.25) is 0 Å². The molecule has 0 saturated heterocycles. The molecule has 0 saturated carbocycles. The lowest BCUT2D eigenvalue weighted by atomic mass is 10.3. The minimum absolute atomic E-state index is 0.656. The average molecular weight is 191 g/mol. The van der Waals surface area contributed by atoms with E-state index in [-0.39, 0.29) is 0 Å². The Bertz CT molecular complexity index is 437. The van der Waals surface area contributed by atoms with Crippen molar-refractivity contribution in [2.24, 2.45) is 0 Å². The van der Waals surface area contributed by atoms with Gasteiger partial charge in [-0.15, -0.1) is 0 Å². The number of rotatable bonds is 0. The van der Waals surface area contributed by atoms with Gasteiger partial charge in [-0.1, -0.05) is 0 Å². The minimum Gasteiger partial charge on any atom is -0.440 e. The van der Waals surface area contributed by atoms with E-state index in [0.717, 1.165) is 0 Å². The standard InChI is InChI=1S/C7HF4NO/c8-2-3(9)5(11)7-6(4(2)10)12-1-13-7/h1H. The Morgan fingerprint density at radius 2 is 1.54 bits per heavy atom. The van der Waals surface area contributed by atoms with Crippen molar-refractivity contribution in [3.8, 4) is 0 Å². The number of nitrogens with zero attached hydrogens (tertiary/aromatic N) is 1. The summed E-state index contributed by atoms with van der Waals surface area (Å²) in [5.74, 6) is -6.92. The van der Waals surface area contributed by atoms with Crippen molar-refractivity contribution in [1.29, 1.82) is 0 Å². The third kappa shape index (κ3) is 0.912. The van der Waals surface area contributed by atoms with Crippen molar-refractivity contribution < 1.29 is 22.0 Å². The summed E-state index contributed by atoms with van der Waals surface area (Å²) in [5, 5.41) is 0. The zero-order valence-electron chi connectivity index (χ0n) is 5.94.